The highest BCUT2D eigenvalue weighted by molar-refractivity contribution is 6.30. The maximum atomic E-state index is 5.97. The number of nitrogens with one attached hydrogen (secondary N) is 1. The number of halogens is 1. The Morgan fingerprint density at radius 3 is 2.58 bits per heavy atom. The first kappa shape index (κ1) is 12.7. The van der Waals surface area contributed by atoms with Gasteiger partial charge in [0.25, 0.3) is 0 Å². The molecule has 0 bridgehead atoms. The number of rotatable bonds is 4. The first-order valence-electron chi connectivity index (χ1n) is 6.67. The normalized spacial score (nSPS) is 17.2. The van der Waals surface area contributed by atoms with Gasteiger partial charge in [0.1, 0.15) is 5.82 Å². The third-order valence-electron chi connectivity index (χ3n) is 4.11. The number of hydrogen-bond acceptors (Lipinski definition) is 2. The van der Waals surface area contributed by atoms with Crippen LogP contribution in [0.15, 0.2) is 36.7 Å². The van der Waals surface area contributed by atoms with Crippen LogP contribution in [0, 0.1) is 0 Å². The first-order chi connectivity index (χ1) is 9.20. The van der Waals surface area contributed by atoms with Crippen LogP contribution in [-0.2, 0) is 19.1 Å². The van der Waals surface area contributed by atoms with Crippen molar-refractivity contribution in [2.24, 2.45) is 7.05 Å². The van der Waals surface area contributed by atoms with Crippen LogP contribution in [0.25, 0.3) is 0 Å². The first-order valence-corrected chi connectivity index (χ1v) is 7.05. The van der Waals surface area contributed by atoms with Gasteiger partial charge in [0.15, 0.2) is 0 Å². The summed E-state index contributed by atoms with van der Waals surface area (Å²) in [6.45, 7) is 0.798. The molecule has 4 heteroatoms. The van der Waals surface area contributed by atoms with Gasteiger partial charge in [-0.15, -0.1) is 0 Å². The van der Waals surface area contributed by atoms with Crippen LogP contribution < -0.4 is 5.32 Å². The van der Waals surface area contributed by atoms with E-state index < -0.39 is 0 Å². The number of hydrogen-bond donors (Lipinski definition) is 1. The molecule has 1 aliphatic rings. The maximum Gasteiger partial charge on any atom is 0.122 e. The van der Waals surface area contributed by atoms with E-state index in [1.54, 1.807) is 0 Å². The van der Waals surface area contributed by atoms with Crippen molar-refractivity contribution >= 4 is 11.6 Å². The number of benzene rings is 1. The van der Waals surface area contributed by atoms with Crippen molar-refractivity contribution in [2.75, 3.05) is 0 Å². The highest BCUT2D eigenvalue weighted by Crippen LogP contribution is 2.41. The molecular formula is C15H18ClN3. The molecule has 0 atom stereocenters. The monoisotopic (exact) mass is 275 g/mol. The zero-order valence-electron chi connectivity index (χ0n) is 11.1. The molecule has 2 aromatic rings. The molecule has 0 unspecified atom stereocenters. The Kier molecular flexibility index (Phi) is 3.33. The van der Waals surface area contributed by atoms with E-state index in [-0.39, 0.29) is 5.54 Å². The lowest BCUT2D eigenvalue weighted by molar-refractivity contribution is 0.181. The predicted molar refractivity (Wildman–Crippen MR) is 77.0 cm³/mol. The Morgan fingerprint density at radius 1 is 1.32 bits per heavy atom. The molecule has 1 aliphatic carbocycles. The van der Waals surface area contributed by atoms with Crippen molar-refractivity contribution in [3.8, 4) is 0 Å². The summed E-state index contributed by atoms with van der Waals surface area (Å²) in [5, 5.41) is 4.48. The van der Waals surface area contributed by atoms with Gasteiger partial charge in [-0.25, -0.2) is 4.98 Å². The highest BCUT2D eigenvalue weighted by Gasteiger charge is 2.38. The second kappa shape index (κ2) is 4.99. The van der Waals surface area contributed by atoms with Crippen LogP contribution >= 0.6 is 11.6 Å². The van der Waals surface area contributed by atoms with Crippen molar-refractivity contribution in [3.63, 3.8) is 0 Å². The van der Waals surface area contributed by atoms with Gasteiger partial charge in [0, 0.05) is 30.0 Å². The minimum Gasteiger partial charge on any atom is -0.337 e. The molecule has 1 N–H and O–H groups in total. The van der Waals surface area contributed by atoms with Gasteiger partial charge in [-0.2, -0.15) is 0 Å². The lowest BCUT2D eigenvalue weighted by Crippen LogP contribution is -2.47. The number of aromatic nitrogens is 2. The summed E-state index contributed by atoms with van der Waals surface area (Å²) in [6, 6.07) is 8.21. The van der Waals surface area contributed by atoms with Gasteiger partial charge in [-0.05, 0) is 37.0 Å². The largest absolute Gasteiger partial charge is 0.337 e. The van der Waals surface area contributed by atoms with Crippen molar-refractivity contribution in [1.29, 1.82) is 0 Å². The van der Waals surface area contributed by atoms with Gasteiger partial charge in [-0.1, -0.05) is 23.7 Å². The molecule has 1 aromatic carbocycles. The molecule has 1 saturated carbocycles. The second-order valence-corrected chi connectivity index (χ2v) is 5.69. The molecule has 0 saturated heterocycles. The van der Waals surface area contributed by atoms with E-state index in [4.69, 9.17) is 11.6 Å². The molecule has 1 aromatic heterocycles. The molecule has 1 fully saturated rings. The van der Waals surface area contributed by atoms with Gasteiger partial charge in [-0.3, -0.25) is 0 Å². The number of nitrogens with zero attached hydrogens (tertiary/aromatic N) is 2. The fraction of sp³-hybridized carbons (Fsp3) is 0.400. The smallest absolute Gasteiger partial charge is 0.122 e. The standard InChI is InChI=1S/C15H18ClN3/c1-19-10-9-17-14(19)11-18-15(7-2-8-15)12-3-5-13(16)6-4-12/h3-6,9-10,18H,2,7-8,11H2,1H3. The average molecular weight is 276 g/mol. The molecule has 100 valence electrons. The third kappa shape index (κ3) is 2.40. The molecule has 1 heterocycles. The Balaban J connectivity index is 1.76. The predicted octanol–water partition coefficient (Wildman–Crippen LogP) is 3.24. The Morgan fingerprint density at radius 2 is 2.05 bits per heavy atom. The molecule has 0 amide bonds. The van der Waals surface area contributed by atoms with Crippen LogP contribution in [0.4, 0.5) is 0 Å². The Hall–Kier alpha value is -1.32. The summed E-state index contributed by atoms with van der Waals surface area (Å²) in [6.07, 6.45) is 7.45. The van der Waals surface area contributed by atoms with E-state index in [0.717, 1.165) is 17.4 Å². The molecule has 0 spiro atoms. The van der Waals surface area contributed by atoms with E-state index in [1.807, 2.05) is 31.6 Å². The van der Waals surface area contributed by atoms with Crippen molar-refractivity contribution in [1.82, 2.24) is 14.9 Å². The molecule has 0 radical (unpaired) electrons. The summed E-state index contributed by atoms with van der Waals surface area (Å²) in [5.74, 6) is 1.07. The summed E-state index contributed by atoms with van der Waals surface area (Å²) in [5.41, 5.74) is 1.44. The van der Waals surface area contributed by atoms with E-state index in [9.17, 15) is 0 Å². The molecule has 0 aliphatic heterocycles. The number of aryl methyl sites for hydroxylation is 1. The third-order valence-corrected chi connectivity index (χ3v) is 4.36. The van der Waals surface area contributed by atoms with Crippen molar-refractivity contribution in [2.45, 2.75) is 31.3 Å². The van der Waals surface area contributed by atoms with E-state index >= 15 is 0 Å². The van der Waals surface area contributed by atoms with Gasteiger partial charge >= 0.3 is 0 Å². The zero-order chi connectivity index (χ0) is 13.3. The Labute approximate surface area is 118 Å². The highest BCUT2D eigenvalue weighted by atomic mass is 35.5. The summed E-state index contributed by atoms with van der Waals surface area (Å²) < 4.78 is 2.06. The van der Waals surface area contributed by atoms with Crippen LogP contribution in [0.3, 0.4) is 0 Å². The lowest BCUT2D eigenvalue weighted by Gasteiger charge is -2.43. The van der Waals surface area contributed by atoms with Gasteiger partial charge in [0.2, 0.25) is 0 Å². The lowest BCUT2D eigenvalue weighted by atomic mass is 9.72. The summed E-state index contributed by atoms with van der Waals surface area (Å²) in [4.78, 5) is 4.36. The zero-order valence-corrected chi connectivity index (χ0v) is 11.8. The fourth-order valence-electron chi connectivity index (χ4n) is 2.68. The molecule has 3 nitrogen and oxygen atoms in total. The second-order valence-electron chi connectivity index (χ2n) is 5.25. The van der Waals surface area contributed by atoms with E-state index in [0.29, 0.717) is 0 Å². The van der Waals surface area contributed by atoms with Crippen molar-refractivity contribution < 1.29 is 0 Å². The minimum absolute atomic E-state index is 0.108. The van der Waals surface area contributed by atoms with Crippen LogP contribution in [-0.4, -0.2) is 9.55 Å². The maximum absolute atomic E-state index is 5.97. The average Bonchev–Trinajstić information content (AvgIpc) is 2.76. The fourth-order valence-corrected chi connectivity index (χ4v) is 2.81. The summed E-state index contributed by atoms with van der Waals surface area (Å²) in [7, 11) is 2.03. The topological polar surface area (TPSA) is 29.9 Å². The molecule has 3 rings (SSSR count). The minimum atomic E-state index is 0.108. The van der Waals surface area contributed by atoms with Crippen molar-refractivity contribution in [3.05, 3.63) is 53.1 Å². The van der Waals surface area contributed by atoms with Crippen LogP contribution in [0.1, 0.15) is 30.7 Å². The number of imidazole rings is 1. The quantitative estimate of drug-likeness (QED) is 0.928. The SMILES string of the molecule is Cn1ccnc1CNC1(c2ccc(Cl)cc2)CCC1. The van der Waals surface area contributed by atoms with Gasteiger partial charge in [0.05, 0.1) is 6.54 Å². The molecule has 19 heavy (non-hydrogen) atoms. The molecular weight excluding hydrogens is 258 g/mol. The van der Waals surface area contributed by atoms with Gasteiger partial charge < -0.3 is 9.88 Å². The van der Waals surface area contributed by atoms with E-state index in [1.165, 1.54) is 24.8 Å². The Bertz CT molecular complexity index is 555. The van der Waals surface area contributed by atoms with Crippen LogP contribution in [0.5, 0.6) is 0 Å². The summed E-state index contributed by atoms with van der Waals surface area (Å²) >= 11 is 5.97. The van der Waals surface area contributed by atoms with Crippen LogP contribution in [0.2, 0.25) is 5.02 Å². The van der Waals surface area contributed by atoms with E-state index in [2.05, 4.69) is 27.0 Å².